The van der Waals surface area contributed by atoms with Crippen molar-refractivity contribution in [3.8, 4) is 5.75 Å². The van der Waals surface area contributed by atoms with Crippen molar-refractivity contribution < 1.29 is 58.9 Å². The fourth-order valence-electron chi connectivity index (χ4n) is 6.35. The Hall–Kier alpha value is -3.36. The Morgan fingerprint density at radius 3 is 2.11 bits per heavy atom. The Balaban J connectivity index is 1.59. The van der Waals surface area contributed by atoms with Gasteiger partial charge in [0.2, 0.25) is 0 Å². The van der Waals surface area contributed by atoms with Crippen LogP contribution in [0.2, 0.25) is 0 Å². The van der Waals surface area contributed by atoms with Crippen LogP contribution in [-0.4, -0.2) is 48.7 Å². The number of nitrogens with zero attached hydrogens (tertiary/aromatic N) is 2. The summed E-state index contributed by atoms with van der Waals surface area (Å²) in [6, 6.07) is 3.47. The molecule has 0 radical (unpaired) electrons. The van der Waals surface area contributed by atoms with Crippen molar-refractivity contribution in [3.05, 3.63) is 58.7 Å². The van der Waals surface area contributed by atoms with Gasteiger partial charge in [0.1, 0.15) is 11.9 Å². The van der Waals surface area contributed by atoms with Gasteiger partial charge < -0.3 is 19.5 Å². The molecular formula is C31H35F9N2O4. The maximum atomic E-state index is 13.5. The first-order valence-electron chi connectivity index (χ1n) is 14.8. The van der Waals surface area contributed by atoms with E-state index >= 15 is 0 Å². The normalized spacial score (nSPS) is 22.6. The minimum Gasteiger partial charge on any atom is -0.439 e. The van der Waals surface area contributed by atoms with E-state index in [1.165, 1.54) is 13.0 Å². The van der Waals surface area contributed by atoms with Crippen molar-refractivity contribution in [3.63, 3.8) is 0 Å². The van der Waals surface area contributed by atoms with E-state index < -0.39 is 59.4 Å². The number of hydrogen-bond acceptors (Lipinski definition) is 5. The number of rotatable bonds is 10. The summed E-state index contributed by atoms with van der Waals surface area (Å²) in [4.78, 5) is 15.8. The van der Waals surface area contributed by atoms with E-state index in [0.29, 0.717) is 36.2 Å². The number of aliphatic hydroxyl groups is 1. The SMILES string of the molecule is C[C@H]1[C@@H](c2cc(C(F)(F)F)cc(C(F)(F)F)c2)OC(=O)N1Cc1cc(OC(F)(F)F)ccc1N(C)CCC1CCC[C@H](CCO)C1. The first-order chi connectivity index (χ1) is 21.4. The molecule has 1 N–H and O–H groups in total. The smallest absolute Gasteiger partial charge is 0.439 e. The first kappa shape index (κ1) is 35.5. The van der Waals surface area contributed by atoms with Crippen LogP contribution in [0, 0.1) is 11.8 Å². The summed E-state index contributed by atoms with van der Waals surface area (Å²) in [6.45, 7) is 1.63. The molecule has 4 rings (SSSR count). The third kappa shape index (κ3) is 8.91. The molecule has 2 aromatic carbocycles. The third-order valence-corrected chi connectivity index (χ3v) is 8.67. The number of alkyl halides is 9. The quantitative estimate of drug-likeness (QED) is 0.256. The molecule has 0 aromatic heterocycles. The summed E-state index contributed by atoms with van der Waals surface area (Å²) in [5.74, 6) is 0.235. The fraction of sp³-hybridized carbons (Fsp3) is 0.581. The molecule has 256 valence electrons. The second-order valence-electron chi connectivity index (χ2n) is 12.0. The van der Waals surface area contributed by atoms with Gasteiger partial charge in [-0.1, -0.05) is 19.3 Å². The molecular weight excluding hydrogens is 635 g/mol. The van der Waals surface area contributed by atoms with Crippen LogP contribution in [0.3, 0.4) is 0 Å². The number of halogens is 9. The molecule has 1 saturated carbocycles. The summed E-state index contributed by atoms with van der Waals surface area (Å²) < 4.78 is 129. The van der Waals surface area contributed by atoms with Crippen molar-refractivity contribution in [1.29, 1.82) is 0 Å². The largest absolute Gasteiger partial charge is 0.573 e. The predicted octanol–water partition coefficient (Wildman–Crippen LogP) is 8.72. The van der Waals surface area contributed by atoms with Crippen LogP contribution in [0.4, 0.5) is 50.0 Å². The molecule has 2 aromatic rings. The maximum Gasteiger partial charge on any atom is 0.573 e. The zero-order valence-electron chi connectivity index (χ0n) is 25.1. The topological polar surface area (TPSA) is 62.2 Å². The van der Waals surface area contributed by atoms with Gasteiger partial charge in [-0.2, -0.15) is 26.3 Å². The number of hydrogen-bond donors (Lipinski definition) is 1. The van der Waals surface area contributed by atoms with Crippen LogP contribution in [-0.2, 0) is 23.6 Å². The lowest BCUT2D eigenvalue weighted by molar-refractivity contribution is -0.274. The monoisotopic (exact) mass is 670 g/mol. The number of carbonyl (C=O) groups is 1. The lowest BCUT2D eigenvalue weighted by atomic mass is 9.78. The molecule has 1 heterocycles. The molecule has 46 heavy (non-hydrogen) atoms. The molecule has 2 aliphatic rings. The summed E-state index contributed by atoms with van der Waals surface area (Å²) in [6.07, 6.45) is -12.3. The second-order valence-corrected chi connectivity index (χ2v) is 12.0. The number of benzene rings is 2. The summed E-state index contributed by atoms with van der Waals surface area (Å²) in [7, 11) is 1.73. The lowest BCUT2D eigenvalue weighted by Gasteiger charge is -2.31. The first-order valence-corrected chi connectivity index (χ1v) is 14.8. The van der Waals surface area contributed by atoms with Crippen molar-refractivity contribution in [2.24, 2.45) is 11.8 Å². The van der Waals surface area contributed by atoms with Crippen molar-refractivity contribution in [2.75, 3.05) is 25.1 Å². The zero-order valence-corrected chi connectivity index (χ0v) is 25.1. The van der Waals surface area contributed by atoms with Gasteiger partial charge in [-0.3, -0.25) is 4.90 Å². The molecule has 2 fully saturated rings. The molecule has 1 saturated heterocycles. The Morgan fingerprint density at radius 2 is 1.54 bits per heavy atom. The highest BCUT2D eigenvalue weighted by Gasteiger charge is 2.43. The lowest BCUT2D eigenvalue weighted by Crippen LogP contribution is -2.33. The van der Waals surface area contributed by atoms with E-state index in [1.54, 1.807) is 7.05 Å². The fourth-order valence-corrected chi connectivity index (χ4v) is 6.35. The third-order valence-electron chi connectivity index (χ3n) is 8.67. The molecule has 6 nitrogen and oxygen atoms in total. The van der Waals surface area contributed by atoms with Gasteiger partial charge in [0.05, 0.1) is 23.7 Å². The van der Waals surface area contributed by atoms with E-state index in [-0.39, 0.29) is 24.8 Å². The Morgan fingerprint density at radius 1 is 0.935 bits per heavy atom. The number of ether oxygens (including phenoxy) is 2. The van der Waals surface area contributed by atoms with Gasteiger partial charge in [0.25, 0.3) is 0 Å². The number of carbonyl (C=O) groups excluding carboxylic acids is 1. The Bertz CT molecular complexity index is 1330. The van der Waals surface area contributed by atoms with E-state index in [1.807, 2.05) is 4.90 Å². The summed E-state index contributed by atoms with van der Waals surface area (Å²) >= 11 is 0. The summed E-state index contributed by atoms with van der Waals surface area (Å²) in [5.41, 5.74) is -3.00. The highest BCUT2D eigenvalue weighted by atomic mass is 19.4. The van der Waals surface area contributed by atoms with Crippen LogP contribution >= 0.6 is 0 Å². The van der Waals surface area contributed by atoms with Crippen LogP contribution in [0.5, 0.6) is 5.75 Å². The zero-order chi connectivity index (χ0) is 34.0. The van der Waals surface area contributed by atoms with Crippen molar-refractivity contribution in [2.45, 2.75) is 82.9 Å². The predicted molar refractivity (Wildman–Crippen MR) is 149 cm³/mol. The maximum absolute atomic E-state index is 13.5. The average molecular weight is 671 g/mol. The number of aliphatic hydroxyl groups excluding tert-OH is 1. The standard InChI is InChI=1S/C31H35F9N2O4/c1-18-27(21-13-23(29(32,33)34)16-24(14-21)30(35,36)37)45-28(44)42(18)17-22-15-25(46-31(38,39)40)6-7-26(22)41(2)10-8-19-4-3-5-20(12-19)9-11-43/h6-7,13-16,18-20,27,43H,3-5,8-12,17H2,1-2H3/t18-,19?,20+,27-/m0/s1. The molecule has 15 heteroatoms. The second kappa shape index (κ2) is 13.8. The number of amides is 1. The number of anilines is 1. The molecule has 1 aliphatic carbocycles. The molecule has 1 amide bonds. The average Bonchev–Trinajstić information content (AvgIpc) is 3.23. The highest BCUT2D eigenvalue weighted by Crippen LogP contribution is 2.42. The number of cyclic esters (lactones) is 1. The van der Waals surface area contributed by atoms with Gasteiger partial charge in [0.15, 0.2) is 0 Å². The highest BCUT2D eigenvalue weighted by molar-refractivity contribution is 5.72. The molecule has 1 unspecified atom stereocenters. The van der Waals surface area contributed by atoms with Crippen LogP contribution in [0.1, 0.15) is 73.8 Å². The van der Waals surface area contributed by atoms with Gasteiger partial charge in [-0.15, -0.1) is 13.2 Å². The Labute approximate surface area is 260 Å². The molecule has 0 bridgehead atoms. The summed E-state index contributed by atoms with van der Waals surface area (Å²) in [5, 5.41) is 9.30. The van der Waals surface area contributed by atoms with Gasteiger partial charge >= 0.3 is 24.8 Å². The van der Waals surface area contributed by atoms with Crippen LogP contribution in [0.15, 0.2) is 36.4 Å². The minimum absolute atomic E-state index is 0.0307. The van der Waals surface area contributed by atoms with Crippen molar-refractivity contribution >= 4 is 11.8 Å². The molecule has 1 aliphatic heterocycles. The van der Waals surface area contributed by atoms with Gasteiger partial charge in [-0.05, 0) is 85.5 Å². The molecule has 4 atom stereocenters. The van der Waals surface area contributed by atoms with Crippen LogP contribution < -0.4 is 9.64 Å². The van der Waals surface area contributed by atoms with Crippen molar-refractivity contribution in [1.82, 2.24) is 4.90 Å². The van der Waals surface area contributed by atoms with Gasteiger partial charge in [-0.25, -0.2) is 4.79 Å². The Kier molecular flexibility index (Phi) is 10.6. The van der Waals surface area contributed by atoms with E-state index in [9.17, 15) is 49.4 Å². The van der Waals surface area contributed by atoms with E-state index in [2.05, 4.69) is 4.74 Å². The van der Waals surface area contributed by atoms with Crippen LogP contribution in [0.25, 0.3) is 0 Å². The van der Waals surface area contributed by atoms with E-state index in [4.69, 9.17) is 4.74 Å². The molecule has 0 spiro atoms. The van der Waals surface area contributed by atoms with Gasteiger partial charge in [0, 0.05) is 25.9 Å². The van der Waals surface area contributed by atoms with E-state index in [0.717, 1.165) is 55.6 Å². The minimum atomic E-state index is -5.11.